The van der Waals surface area contributed by atoms with E-state index in [1.165, 1.54) is 16.2 Å². The second-order valence-electron chi connectivity index (χ2n) is 4.89. The Morgan fingerprint density at radius 2 is 1.36 bits per heavy atom. The standard InChI is InChI=1S/C10H16NOS2/c1-9(2)7-5-13-14-6-8(7)10(3,4)11(9)12/h5-6H2,1-4H3. The summed E-state index contributed by atoms with van der Waals surface area (Å²) in [4.78, 5) is 0. The van der Waals surface area contributed by atoms with E-state index in [1.54, 1.807) is 0 Å². The molecule has 0 saturated carbocycles. The smallest absolute Gasteiger partial charge is 0.0667 e. The zero-order chi connectivity index (χ0) is 10.6. The average Bonchev–Trinajstić information content (AvgIpc) is 2.28. The second-order valence-corrected chi connectivity index (χ2v) is 7.36. The molecule has 0 unspecified atom stereocenters. The molecule has 0 aromatic carbocycles. The fourth-order valence-electron chi connectivity index (χ4n) is 2.41. The molecule has 2 aliphatic rings. The first-order chi connectivity index (χ1) is 6.38. The van der Waals surface area contributed by atoms with Gasteiger partial charge < -0.3 is 0 Å². The van der Waals surface area contributed by atoms with Crippen molar-refractivity contribution in [2.45, 2.75) is 38.8 Å². The molecule has 2 heterocycles. The molecule has 79 valence electrons. The number of nitrogens with zero attached hydrogens (tertiary/aromatic N) is 1. The molecule has 0 fully saturated rings. The Labute approximate surface area is 93.5 Å². The predicted octanol–water partition coefficient (Wildman–Crippen LogP) is 2.90. The molecular weight excluding hydrogens is 214 g/mol. The molecule has 0 saturated heterocycles. The Hall–Kier alpha value is 0.360. The first-order valence-electron chi connectivity index (χ1n) is 4.83. The quantitative estimate of drug-likeness (QED) is 0.472. The fourth-order valence-corrected chi connectivity index (χ4v) is 5.08. The maximum Gasteiger partial charge on any atom is 0.0667 e. The topological polar surface area (TPSA) is 23.1 Å². The molecule has 2 nitrogen and oxygen atoms in total. The SMILES string of the molecule is CC1(C)C2=C(CSSC2)C(C)(C)N1[O]. The van der Waals surface area contributed by atoms with Crippen molar-refractivity contribution in [2.75, 3.05) is 11.5 Å². The molecule has 0 bridgehead atoms. The van der Waals surface area contributed by atoms with Gasteiger partial charge in [0.25, 0.3) is 0 Å². The lowest BCUT2D eigenvalue weighted by molar-refractivity contribution is -0.240. The second kappa shape index (κ2) is 3.17. The van der Waals surface area contributed by atoms with Crippen molar-refractivity contribution in [3.05, 3.63) is 11.1 Å². The largest absolute Gasteiger partial charge is 0.136 e. The van der Waals surface area contributed by atoms with Crippen LogP contribution in [0.25, 0.3) is 0 Å². The lowest BCUT2D eigenvalue weighted by Gasteiger charge is -2.34. The Morgan fingerprint density at radius 3 is 1.71 bits per heavy atom. The molecule has 0 aromatic rings. The Balaban J connectivity index is 2.49. The van der Waals surface area contributed by atoms with Crippen LogP contribution in [-0.2, 0) is 5.21 Å². The summed E-state index contributed by atoms with van der Waals surface area (Å²) in [6.07, 6.45) is 0. The van der Waals surface area contributed by atoms with Gasteiger partial charge in [0.15, 0.2) is 0 Å². The van der Waals surface area contributed by atoms with E-state index in [-0.39, 0.29) is 11.1 Å². The van der Waals surface area contributed by atoms with Gasteiger partial charge in [0.2, 0.25) is 0 Å². The van der Waals surface area contributed by atoms with Crippen molar-refractivity contribution in [1.82, 2.24) is 5.06 Å². The molecule has 2 rings (SSSR count). The summed E-state index contributed by atoms with van der Waals surface area (Å²) < 4.78 is 0. The van der Waals surface area contributed by atoms with Gasteiger partial charge in [-0.25, -0.2) is 0 Å². The predicted molar refractivity (Wildman–Crippen MR) is 62.6 cm³/mol. The van der Waals surface area contributed by atoms with Crippen LogP contribution in [0.1, 0.15) is 27.7 Å². The first kappa shape index (κ1) is 10.9. The lowest BCUT2D eigenvalue weighted by Crippen LogP contribution is -2.47. The monoisotopic (exact) mass is 230 g/mol. The molecule has 1 radical (unpaired) electrons. The molecule has 0 spiro atoms. The summed E-state index contributed by atoms with van der Waals surface area (Å²) in [5, 5.41) is 13.4. The van der Waals surface area contributed by atoms with Crippen LogP contribution in [0.2, 0.25) is 0 Å². The van der Waals surface area contributed by atoms with Crippen LogP contribution < -0.4 is 0 Å². The van der Waals surface area contributed by atoms with E-state index in [0.29, 0.717) is 0 Å². The molecule has 0 atom stereocenters. The summed E-state index contributed by atoms with van der Waals surface area (Å²) >= 11 is 0. The summed E-state index contributed by atoms with van der Waals surface area (Å²) in [5.41, 5.74) is 2.13. The molecule has 0 aliphatic carbocycles. The van der Waals surface area contributed by atoms with Gasteiger partial charge in [-0.15, -0.1) is 10.3 Å². The number of rotatable bonds is 0. The van der Waals surface area contributed by atoms with Gasteiger partial charge >= 0.3 is 0 Å². The van der Waals surface area contributed by atoms with Crippen LogP contribution in [0, 0.1) is 0 Å². The normalized spacial score (nSPS) is 30.6. The highest BCUT2D eigenvalue weighted by atomic mass is 33.1. The van der Waals surface area contributed by atoms with Crippen molar-refractivity contribution in [1.29, 1.82) is 0 Å². The summed E-state index contributed by atoms with van der Waals surface area (Å²) in [7, 11) is 3.74. The highest BCUT2D eigenvalue weighted by molar-refractivity contribution is 8.76. The number of hydrogen-bond acceptors (Lipinski definition) is 3. The van der Waals surface area contributed by atoms with Gasteiger partial charge in [0.1, 0.15) is 0 Å². The van der Waals surface area contributed by atoms with Crippen LogP contribution in [-0.4, -0.2) is 27.6 Å². The third-order valence-electron chi connectivity index (χ3n) is 3.35. The van der Waals surface area contributed by atoms with E-state index in [1.807, 2.05) is 49.3 Å². The van der Waals surface area contributed by atoms with Gasteiger partial charge in [0, 0.05) is 11.5 Å². The van der Waals surface area contributed by atoms with Gasteiger partial charge in [0.05, 0.1) is 11.1 Å². The number of hydroxylamine groups is 2. The average molecular weight is 230 g/mol. The molecule has 0 amide bonds. The minimum atomic E-state index is -0.299. The van der Waals surface area contributed by atoms with E-state index < -0.39 is 0 Å². The molecule has 0 aromatic heterocycles. The third-order valence-corrected chi connectivity index (χ3v) is 5.53. The van der Waals surface area contributed by atoms with Crippen molar-refractivity contribution < 1.29 is 5.21 Å². The van der Waals surface area contributed by atoms with Crippen LogP contribution in [0.3, 0.4) is 0 Å². The minimum absolute atomic E-state index is 0.299. The molecule has 14 heavy (non-hydrogen) atoms. The van der Waals surface area contributed by atoms with Crippen LogP contribution in [0.15, 0.2) is 11.1 Å². The van der Waals surface area contributed by atoms with Crippen molar-refractivity contribution in [2.24, 2.45) is 0 Å². The van der Waals surface area contributed by atoms with Crippen LogP contribution in [0.5, 0.6) is 0 Å². The van der Waals surface area contributed by atoms with E-state index in [9.17, 15) is 5.21 Å². The van der Waals surface area contributed by atoms with Gasteiger partial charge in [-0.2, -0.15) is 0 Å². The highest BCUT2D eigenvalue weighted by Gasteiger charge is 2.52. The van der Waals surface area contributed by atoms with Crippen molar-refractivity contribution in [3.8, 4) is 0 Å². The van der Waals surface area contributed by atoms with Crippen LogP contribution >= 0.6 is 21.6 Å². The van der Waals surface area contributed by atoms with Gasteiger partial charge in [-0.05, 0) is 38.8 Å². The minimum Gasteiger partial charge on any atom is -0.136 e. The van der Waals surface area contributed by atoms with Gasteiger partial charge in [-0.3, -0.25) is 0 Å². The maximum absolute atomic E-state index is 12.2. The molecule has 2 aliphatic heterocycles. The fraction of sp³-hybridized carbons (Fsp3) is 0.800. The van der Waals surface area contributed by atoms with E-state index in [4.69, 9.17) is 0 Å². The zero-order valence-electron chi connectivity index (χ0n) is 9.09. The number of hydrogen-bond donors (Lipinski definition) is 0. The van der Waals surface area contributed by atoms with Crippen molar-refractivity contribution >= 4 is 21.6 Å². The van der Waals surface area contributed by atoms with Crippen LogP contribution in [0.4, 0.5) is 0 Å². The van der Waals surface area contributed by atoms with E-state index >= 15 is 0 Å². The third kappa shape index (κ3) is 1.28. The first-order valence-corrected chi connectivity index (χ1v) is 7.32. The highest BCUT2D eigenvalue weighted by Crippen LogP contribution is 2.50. The summed E-state index contributed by atoms with van der Waals surface area (Å²) in [6, 6.07) is 0. The summed E-state index contributed by atoms with van der Waals surface area (Å²) in [5.74, 6) is 2.02. The molecular formula is C10H16NOS2. The van der Waals surface area contributed by atoms with Crippen molar-refractivity contribution in [3.63, 3.8) is 0 Å². The Kier molecular flexibility index (Phi) is 2.46. The maximum atomic E-state index is 12.2. The molecule has 4 heteroatoms. The summed E-state index contributed by atoms with van der Waals surface area (Å²) in [6.45, 7) is 8.17. The van der Waals surface area contributed by atoms with E-state index in [0.717, 1.165) is 11.5 Å². The molecule has 0 N–H and O–H groups in total. The zero-order valence-corrected chi connectivity index (χ0v) is 10.7. The lowest BCUT2D eigenvalue weighted by atomic mass is 9.93. The Morgan fingerprint density at radius 1 is 1.00 bits per heavy atom. The van der Waals surface area contributed by atoms with E-state index in [2.05, 4.69) is 0 Å². The van der Waals surface area contributed by atoms with Gasteiger partial charge in [-0.1, -0.05) is 21.6 Å². The Bertz CT molecular complexity index is 268.